The van der Waals surface area contributed by atoms with Crippen LogP contribution in [0.1, 0.15) is 11.4 Å². The van der Waals surface area contributed by atoms with Gasteiger partial charge in [-0.1, -0.05) is 17.8 Å². The molecule has 2 rings (SSSR count). The van der Waals surface area contributed by atoms with Crippen LogP contribution in [0.3, 0.4) is 0 Å². The number of hydrogen-bond donors (Lipinski definition) is 1. The lowest BCUT2D eigenvalue weighted by molar-refractivity contribution is 0.400. The number of methoxy groups -OCH3 is 1. The van der Waals surface area contributed by atoms with Crippen LogP contribution in [-0.2, 0) is 0 Å². The van der Waals surface area contributed by atoms with Crippen LogP contribution >= 0.6 is 23.1 Å². The van der Waals surface area contributed by atoms with Gasteiger partial charge in [0, 0.05) is 4.91 Å². The summed E-state index contributed by atoms with van der Waals surface area (Å²) in [5, 5.41) is 12.4. The summed E-state index contributed by atoms with van der Waals surface area (Å²) in [6.45, 7) is 0. The Labute approximate surface area is 90.1 Å². The molecule has 3 nitrogen and oxygen atoms in total. The Morgan fingerprint density at radius 1 is 1.50 bits per heavy atom. The predicted molar refractivity (Wildman–Crippen MR) is 59.6 cm³/mol. The van der Waals surface area contributed by atoms with E-state index >= 15 is 0 Å². The topological polar surface area (TPSA) is 42.4 Å². The van der Waals surface area contributed by atoms with E-state index in [9.17, 15) is 5.11 Å². The van der Waals surface area contributed by atoms with Crippen LogP contribution in [0.2, 0.25) is 0 Å². The normalized spacial score (nSPS) is 16.1. The molecule has 0 bridgehead atoms. The highest BCUT2D eigenvalue weighted by Crippen LogP contribution is 2.38. The molecule has 0 aromatic carbocycles. The van der Waals surface area contributed by atoms with Gasteiger partial charge in [0.25, 0.3) is 0 Å². The Kier molecular flexibility index (Phi) is 2.79. The molecule has 1 aliphatic heterocycles. The van der Waals surface area contributed by atoms with Gasteiger partial charge < -0.3 is 9.84 Å². The van der Waals surface area contributed by atoms with Crippen LogP contribution in [0.4, 0.5) is 0 Å². The molecular weight excluding hydrogens is 218 g/mol. The molecule has 0 saturated heterocycles. The summed E-state index contributed by atoms with van der Waals surface area (Å²) in [7, 11) is 1.60. The van der Waals surface area contributed by atoms with Crippen LogP contribution in [0, 0.1) is 0 Å². The third-order valence-electron chi connectivity index (χ3n) is 1.71. The Hall–Kier alpha value is -0.940. The van der Waals surface area contributed by atoms with Crippen LogP contribution in [0.25, 0.3) is 4.91 Å². The number of aliphatic hydroxyl groups is 1. The fourth-order valence-corrected chi connectivity index (χ4v) is 2.75. The van der Waals surface area contributed by atoms with Crippen LogP contribution in [0.5, 0.6) is 5.88 Å². The zero-order valence-corrected chi connectivity index (χ0v) is 9.19. The second-order valence-electron chi connectivity index (χ2n) is 2.64. The highest BCUT2D eigenvalue weighted by molar-refractivity contribution is 8.11. The highest BCUT2D eigenvalue weighted by Gasteiger charge is 2.12. The zero-order valence-electron chi connectivity index (χ0n) is 7.56. The lowest BCUT2D eigenvalue weighted by atomic mass is 10.3. The summed E-state index contributed by atoms with van der Waals surface area (Å²) in [6, 6.07) is 0. The molecule has 1 aromatic heterocycles. The Morgan fingerprint density at radius 3 is 3.00 bits per heavy atom. The van der Waals surface area contributed by atoms with Gasteiger partial charge in [-0.05, 0) is 12.5 Å². The van der Waals surface area contributed by atoms with E-state index in [0.29, 0.717) is 11.0 Å². The molecular formula is C9H9NO2S2. The first-order valence-electron chi connectivity index (χ1n) is 4.06. The number of rotatable bonds is 2. The second kappa shape index (κ2) is 4.06. The lowest BCUT2D eigenvalue weighted by Crippen LogP contribution is -1.87. The van der Waals surface area contributed by atoms with Crippen molar-refractivity contribution in [1.29, 1.82) is 0 Å². The van der Waals surface area contributed by atoms with E-state index in [1.54, 1.807) is 13.2 Å². The van der Waals surface area contributed by atoms with Gasteiger partial charge >= 0.3 is 0 Å². The van der Waals surface area contributed by atoms with Gasteiger partial charge in [-0.3, -0.25) is 0 Å². The van der Waals surface area contributed by atoms with E-state index in [1.165, 1.54) is 23.1 Å². The van der Waals surface area contributed by atoms with E-state index in [-0.39, 0.29) is 0 Å². The minimum absolute atomic E-state index is 0.344. The van der Waals surface area contributed by atoms with E-state index in [1.807, 2.05) is 11.5 Å². The van der Waals surface area contributed by atoms with E-state index in [4.69, 9.17) is 4.74 Å². The first-order chi connectivity index (χ1) is 6.79. The van der Waals surface area contributed by atoms with Gasteiger partial charge in [-0.25, -0.2) is 4.98 Å². The number of nitrogens with zero attached hydrogens (tertiary/aromatic N) is 1. The molecule has 0 spiro atoms. The van der Waals surface area contributed by atoms with Gasteiger partial charge in [0.15, 0.2) is 5.09 Å². The smallest absolute Gasteiger partial charge is 0.224 e. The number of aliphatic hydroxyl groups excluding tert-OH is 1. The average molecular weight is 227 g/mol. The molecule has 1 N–H and O–H groups in total. The highest BCUT2D eigenvalue weighted by atomic mass is 32.2. The van der Waals surface area contributed by atoms with Gasteiger partial charge in [0.1, 0.15) is 5.01 Å². The van der Waals surface area contributed by atoms with Crippen molar-refractivity contribution in [1.82, 2.24) is 4.98 Å². The molecule has 0 radical (unpaired) electrons. The number of aromatic nitrogens is 1. The molecule has 0 saturated carbocycles. The van der Waals surface area contributed by atoms with Crippen molar-refractivity contribution in [3.8, 4) is 5.88 Å². The van der Waals surface area contributed by atoms with Crippen molar-refractivity contribution in [2.45, 2.75) is 6.42 Å². The maximum atomic E-state index is 9.33. The number of thioether (sulfide) groups is 1. The first kappa shape index (κ1) is 9.61. The van der Waals surface area contributed by atoms with Crippen LogP contribution in [-0.4, -0.2) is 17.2 Å². The number of thiazole rings is 1. The van der Waals surface area contributed by atoms with Gasteiger partial charge in [-0.2, -0.15) is 0 Å². The van der Waals surface area contributed by atoms with E-state index in [2.05, 4.69) is 4.98 Å². The molecule has 1 aliphatic rings. The van der Waals surface area contributed by atoms with Crippen molar-refractivity contribution >= 4 is 28.0 Å². The third kappa shape index (κ3) is 1.93. The second-order valence-corrected chi connectivity index (χ2v) is 4.56. The maximum absolute atomic E-state index is 9.33. The monoisotopic (exact) mass is 227 g/mol. The summed E-state index contributed by atoms with van der Waals surface area (Å²) in [5.41, 5.74) is 0. The minimum atomic E-state index is 0.344. The SMILES string of the molecule is COc1csc(C2=CCC=C(O)S2)n1. The molecule has 0 amide bonds. The molecule has 0 unspecified atom stereocenters. The predicted octanol–water partition coefficient (Wildman–Crippen LogP) is 3.03. The third-order valence-corrected chi connectivity index (χ3v) is 3.65. The zero-order chi connectivity index (χ0) is 9.97. The summed E-state index contributed by atoms with van der Waals surface area (Å²) in [5.74, 6) is 0.626. The first-order valence-corrected chi connectivity index (χ1v) is 5.76. The molecule has 0 aliphatic carbocycles. The van der Waals surface area contributed by atoms with Gasteiger partial charge in [-0.15, -0.1) is 11.3 Å². The van der Waals surface area contributed by atoms with Crippen molar-refractivity contribution in [2.75, 3.05) is 7.11 Å². The summed E-state index contributed by atoms with van der Waals surface area (Å²) in [6.07, 6.45) is 4.58. The van der Waals surface area contributed by atoms with Crippen molar-refractivity contribution in [2.24, 2.45) is 0 Å². The molecule has 1 aromatic rings. The largest absolute Gasteiger partial charge is 0.502 e. The molecule has 0 fully saturated rings. The standard InChI is InChI=1S/C9H9NO2S2/c1-12-7-5-13-9(10-7)6-3-2-4-8(11)14-6/h3-5,11H,2H2,1H3. The van der Waals surface area contributed by atoms with Crippen LogP contribution in [0.15, 0.2) is 22.6 Å². The Morgan fingerprint density at radius 2 is 2.36 bits per heavy atom. The molecule has 2 heterocycles. The van der Waals surface area contributed by atoms with Crippen molar-refractivity contribution in [3.63, 3.8) is 0 Å². The number of allylic oxidation sites excluding steroid dienone is 2. The maximum Gasteiger partial charge on any atom is 0.224 e. The molecule has 0 atom stereocenters. The fraction of sp³-hybridized carbons (Fsp3) is 0.222. The van der Waals surface area contributed by atoms with E-state index in [0.717, 1.165) is 16.3 Å². The Bertz CT molecular complexity index is 395. The average Bonchev–Trinajstić information content (AvgIpc) is 2.66. The summed E-state index contributed by atoms with van der Waals surface area (Å²) < 4.78 is 5.00. The minimum Gasteiger partial charge on any atom is -0.502 e. The van der Waals surface area contributed by atoms with Gasteiger partial charge in [0.2, 0.25) is 5.88 Å². The number of ether oxygens (including phenoxy) is 1. The summed E-state index contributed by atoms with van der Waals surface area (Å²) in [4.78, 5) is 5.25. The van der Waals surface area contributed by atoms with E-state index < -0.39 is 0 Å². The Balaban J connectivity index is 2.19. The van der Waals surface area contributed by atoms with Crippen LogP contribution < -0.4 is 4.74 Å². The number of hydrogen-bond acceptors (Lipinski definition) is 5. The van der Waals surface area contributed by atoms with Gasteiger partial charge in [0.05, 0.1) is 12.5 Å². The quantitative estimate of drug-likeness (QED) is 0.843. The molecule has 14 heavy (non-hydrogen) atoms. The van der Waals surface area contributed by atoms with Crippen molar-refractivity contribution in [3.05, 3.63) is 27.6 Å². The summed E-state index contributed by atoms with van der Waals surface area (Å²) >= 11 is 2.85. The molecule has 74 valence electrons. The molecule has 5 heteroatoms. The lowest BCUT2D eigenvalue weighted by Gasteiger charge is -2.06. The fourth-order valence-electron chi connectivity index (χ4n) is 1.06. The van der Waals surface area contributed by atoms with Crippen molar-refractivity contribution < 1.29 is 9.84 Å².